The van der Waals surface area contributed by atoms with E-state index in [1.807, 2.05) is 59.5 Å². The van der Waals surface area contributed by atoms with Crippen molar-refractivity contribution in [3.05, 3.63) is 100 Å². The summed E-state index contributed by atoms with van der Waals surface area (Å²) in [5, 5.41) is 3.93. The number of aromatic nitrogens is 2. The first kappa shape index (κ1) is 30.4. The molecule has 11 heteroatoms. The largest absolute Gasteiger partial charge is 0.493 e. The highest BCUT2D eigenvalue weighted by molar-refractivity contribution is 7.98. The van der Waals surface area contributed by atoms with E-state index in [0.717, 1.165) is 16.9 Å². The molecule has 1 amide bonds. The van der Waals surface area contributed by atoms with Crippen molar-refractivity contribution in [2.75, 3.05) is 56.7 Å². The summed E-state index contributed by atoms with van der Waals surface area (Å²) >= 11 is 7.84. The zero-order valence-corrected chi connectivity index (χ0v) is 25.6. The van der Waals surface area contributed by atoms with Crippen molar-refractivity contribution in [3.8, 4) is 11.5 Å². The Bertz CT molecular complexity index is 1550. The molecule has 0 unspecified atom stereocenters. The van der Waals surface area contributed by atoms with Gasteiger partial charge in [-0.3, -0.25) is 4.79 Å². The molecule has 3 aromatic carbocycles. The highest BCUT2D eigenvalue weighted by Gasteiger charge is 2.21. The SMILES string of the molecule is COc1ccc(CCNC(=O)c2ccc(CSc3nc(Cl)cc(N4CCN(c5ccccc5F)CC4)n3)cc2)cc1OC. The Labute approximate surface area is 260 Å². The number of amides is 1. The Morgan fingerprint density at radius 2 is 1.60 bits per heavy atom. The van der Waals surface area contributed by atoms with Gasteiger partial charge in [0.1, 0.15) is 16.8 Å². The summed E-state index contributed by atoms with van der Waals surface area (Å²) in [5.41, 5.74) is 3.30. The molecule has 0 aliphatic carbocycles. The molecule has 0 saturated carbocycles. The summed E-state index contributed by atoms with van der Waals surface area (Å²) < 4.78 is 24.8. The molecule has 4 aromatic rings. The number of nitrogens with one attached hydrogen (secondary N) is 1. The lowest BCUT2D eigenvalue weighted by Crippen LogP contribution is -2.47. The molecule has 0 bridgehead atoms. The number of hydrogen-bond acceptors (Lipinski definition) is 8. The van der Waals surface area contributed by atoms with Crippen LogP contribution in [0.4, 0.5) is 15.9 Å². The number of piperazine rings is 1. The number of methoxy groups -OCH3 is 2. The summed E-state index contributed by atoms with van der Waals surface area (Å²) in [6, 6.07) is 21.9. The highest BCUT2D eigenvalue weighted by atomic mass is 35.5. The maximum atomic E-state index is 14.2. The fraction of sp³-hybridized carbons (Fsp3) is 0.281. The van der Waals surface area contributed by atoms with Crippen LogP contribution in [0.5, 0.6) is 11.5 Å². The number of hydrogen-bond donors (Lipinski definition) is 1. The van der Waals surface area contributed by atoms with Crippen LogP contribution in [0.2, 0.25) is 5.15 Å². The summed E-state index contributed by atoms with van der Waals surface area (Å²) in [7, 11) is 3.20. The highest BCUT2D eigenvalue weighted by Crippen LogP contribution is 2.28. The molecule has 224 valence electrons. The Balaban J connectivity index is 1.11. The number of thioether (sulfide) groups is 1. The number of para-hydroxylation sites is 1. The van der Waals surface area contributed by atoms with E-state index in [2.05, 4.69) is 15.2 Å². The molecule has 1 aliphatic heterocycles. The van der Waals surface area contributed by atoms with Crippen LogP contribution >= 0.6 is 23.4 Å². The average molecular weight is 622 g/mol. The fourth-order valence-corrected chi connectivity index (χ4v) is 5.89. The molecule has 8 nitrogen and oxygen atoms in total. The van der Waals surface area contributed by atoms with Gasteiger partial charge < -0.3 is 24.6 Å². The second kappa shape index (κ2) is 14.4. The van der Waals surface area contributed by atoms with Gasteiger partial charge in [0, 0.05) is 50.1 Å². The maximum Gasteiger partial charge on any atom is 0.251 e. The average Bonchev–Trinajstić information content (AvgIpc) is 3.04. The van der Waals surface area contributed by atoms with Crippen molar-refractivity contribution in [2.24, 2.45) is 0 Å². The van der Waals surface area contributed by atoms with Crippen molar-refractivity contribution in [1.82, 2.24) is 15.3 Å². The summed E-state index contributed by atoms with van der Waals surface area (Å²) in [6.45, 7) is 3.26. The summed E-state index contributed by atoms with van der Waals surface area (Å²) in [4.78, 5) is 26.0. The van der Waals surface area contributed by atoms with E-state index in [9.17, 15) is 9.18 Å². The predicted molar refractivity (Wildman–Crippen MR) is 169 cm³/mol. The van der Waals surface area contributed by atoms with Crippen molar-refractivity contribution in [1.29, 1.82) is 0 Å². The fourth-order valence-electron chi connectivity index (χ4n) is 4.86. The molecule has 1 fully saturated rings. The number of rotatable bonds is 11. The molecule has 2 heterocycles. The quantitative estimate of drug-likeness (QED) is 0.126. The molecule has 5 rings (SSSR count). The molecule has 0 radical (unpaired) electrons. The smallest absolute Gasteiger partial charge is 0.251 e. The lowest BCUT2D eigenvalue weighted by atomic mass is 10.1. The molecule has 0 spiro atoms. The Hall–Kier alpha value is -4.02. The lowest BCUT2D eigenvalue weighted by Gasteiger charge is -2.36. The monoisotopic (exact) mass is 621 g/mol. The topological polar surface area (TPSA) is 79.8 Å². The van der Waals surface area contributed by atoms with E-state index < -0.39 is 0 Å². The first-order valence-corrected chi connectivity index (χ1v) is 15.3. The van der Waals surface area contributed by atoms with Gasteiger partial charge in [-0.05, 0) is 53.9 Å². The van der Waals surface area contributed by atoms with Gasteiger partial charge in [-0.1, -0.05) is 53.7 Å². The molecular formula is C32H33ClFN5O3S. The van der Waals surface area contributed by atoms with Crippen LogP contribution in [0.15, 0.2) is 78.0 Å². The second-order valence-electron chi connectivity index (χ2n) is 9.94. The molecule has 1 aromatic heterocycles. The van der Waals surface area contributed by atoms with Gasteiger partial charge in [0.15, 0.2) is 16.7 Å². The Morgan fingerprint density at radius 1 is 0.907 bits per heavy atom. The van der Waals surface area contributed by atoms with E-state index in [1.54, 1.807) is 26.4 Å². The summed E-state index contributed by atoms with van der Waals surface area (Å²) in [6.07, 6.45) is 0.670. The normalized spacial score (nSPS) is 13.1. The second-order valence-corrected chi connectivity index (χ2v) is 11.3. The number of ether oxygens (including phenoxy) is 2. The Kier molecular flexibility index (Phi) is 10.2. The van der Waals surface area contributed by atoms with Gasteiger partial charge >= 0.3 is 0 Å². The molecule has 1 N–H and O–H groups in total. The minimum Gasteiger partial charge on any atom is -0.493 e. The van der Waals surface area contributed by atoms with Gasteiger partial charge in [0.25, 0.3) is 5.91 Å². The van der Waals surface area contributed by atoms with Gasteiger partial charge in [-0.2, -0.15) is 0 Å². The van der Waals surface area contributed by atoms with Crippen LogP contribution in [-0.4, -0.2) is 62.8 Å². The van der Waals surface area contributed by atoms with Crippen LogP contribution < -0.4 is 24.6 Å². The number of carbonyl (C=O) groups excluding carboxylic acids is 1. The van der Waals surface area contributed by atoms with Crippen LogP contribution in [0, 0.1) is 5.82 Å². The zero-order valence-electron chi connectivity index (χ0n) is 24.1. The number of benzene rings is 3. The van der Waals surface area contributed by atoms with E-state index in [0.29, 0.717) is 78.0 Å². The molecule has 0 atom stereocenters. The van der Waals surface area contributed by atoms with Gasteiger partial charge in [0.05, 0.1) is 19.9 Å². The van der Waals surface area contributed by atoms with Gasteiger partial charge in [-0.15, -0.1) is 0 Å². The third kappa shape index (κ3) is 7.88. The number of carbonyl (C=O) groups is 1. The number of anilines is 2. The Morgan fingerprint density at radius 3 is 2.33 bits per heavy atom. The molecule has 1 saturated heterocycles. The lowest BCUT2D eigenvalue weighted by molar-refractivity contribution is 0.0954. The van der Waals surface area contributed by atoms with Crippen molar-refractivity contribution < 1.29 is 18.7 Å². The van der Waals surface area contributed by atoms with E-state index in [-0.39, 0.29) is 11.7 Å². The molecular weight excluding hydrogens is 589 g/mol. The molecule has 43 heavy (non-hydrogen) atoms. The number of halogens is 2. The van der Waals surface area contributed by atoms with Gasteiger partial charge in [0.2, 0.25) is 0 Å². The van der Waals surface area contributed by atoms with Crippen molar-refractivity contribution in [2.45, 2.75) is 17.3 Å². The maximum absolute atomic E-state index is 14.2. The minimum absolute atomic E-state index is 0.127. The van der Waals surface area contributed by atoms with E-state index in [4.69, 9.17) is 26.1 Å². The van der Waals surface area contributed by atoms with Crippen LogP contribution in [0.3, 0.4) is 0 Å². The zero-order chi connectivity index (χ0) is 30.2. The summed E-state index contributed by atoms with van der Waals surface area (Å²) in [5.74, 6) is 2.39. The third-order valence-corrected chi connectivity index (χ3v) is 8.30. The van der Waals surface area contributed by atoms with Crippen LogP contribution in [0.1, 0.15) is 21.5 Å². The van der Waals surface area contributed by atoms with E-state index in [1.165, 1.54) is 17.8 Å². The standard InChI is InChI=1S/C32H33ClFN5O3S/c1-41-27-12-9-22(19-28(27)42-2)13-14-35-31(40)24-10-7-23(8-11-24)21-43-32-36-29(33)20-30(37-32)39-17-15-38(16-18-39)26-6-4-3-5-25(26)34/h3-12,19-20H,13-18,21H2,1-2H3,(H,35,40). The van der Waals surface area contributed by atoms with Crippen molar-refractivity contribution >= 4 is 40.8 Å². The first-order valence-electron chi connectivity index (χ1n) is 13.9. The first-order chi connectivity index (χ1) is 20.9. The minimum atomic E-state index is -0.209. The third-order valence-electron chi connectivity index (χ3n) is 7.19. The van der Waals surface area contributed by atoms with Crippen molar-refractivity contribution in [3.63, 3.8) is 0 Å². The van der Waals surface area contributed by atoms with E-state index >= 15 is 0 Å². The molecule has 1 aliphatic rings. The van der Waals surface area contributed by atoms with Gasteiger partial charge in [-0.25, -0.2) is 14.4 Å². The number of nitrogens with zero attached hydrogens (tertiary/aromatic N) is 4. The predicted octanol–water partition coefficient (Wildman–Crippen LogP) is 5.88. The van der Waals surface area contributed by atoms with Crippen LogP contribution in [-0.2, 0) is 12.2 Å². The van der Waals surface area contributed by atoms with Crippen LogP contribution in [0.25, 0.3) is 0 Å².